The average Bonchev–Trinajstić information content (AvgIpc) is 3.22. The molecule has 0 aliphatic rings. The van der Waals surface area contributed by atoms with Gasteiger partial charge in [0.2, 0.25) is 0 Å². The minimum atomic E-state index is -0.770. The molecule has 0 N–H and O–H groups in total. The van der Waals surface area contributed by atoms with Crippen LogP contribution in [-0.4, -0.2) is 37.2 Å². The highest BCUT2D eigenvalue weighted by Gasteiger charge is 2.19. The van der Waals surface area contributed by atoms with Gasteiger partial charge in [0, 0.05) is 19.3 Å². The van der Waals surface area contributed by atoms with Crippen LogP contribution in [0.15, 0.2) is 12.2 Å². The fourth-order valence-corrected chi connectivity index (χ4v) is 7.61. The van der Waals surface area contributed by atoms with E-state index < -0.39 is 6.10 Å². The molecule has 6 heteroatoms. The van der Waals surface area contributed by atoms with Crippen LogP contribution in [0.4, 0.5) is 0 Å². The number of esters is 3. The maximum absolute atomic E-state index is 12.8. The van der Waals surface area contributed by atoms with Crippen LogP contribution in [0.3, 0.4) is 0 Å². The smallest absolute Gasteiger partial charge is 0.306 e. The number of hydrogen-bond acceptors (Lipinski definition) is 6. The summed E-state index contributed by atoms with van der Waals surface area (Å²) in [5.41, 5.74) is 0. The molecule has 0 aromatic heterocycles. The van der Waals surface area contributed by atoms with Crippen molar-refractivity contribution in [1.29, 1.82) is 0 Å². The Balaban J connectivity index is 4.34. The van der Waals surface area contributed by atoms with E-state index >= 15 is 0 Å². The van der Waals surface area contributed by atoms with Crippen molar-refractivity contribution in [3.05, 3.63) is 12.2 Å². The number of allylic oxidation sites excluding steroid dienone is 2. The van der Waals surface area contributed by atoms with Crippen LogP contribution < -0.4 is 0 Å². The van der Waals surface area contributed by atoms with Crippen LogP contribution in [0.2, 0.25) is 0 Å². The molecule has 0 amide bonds. The summed E-state index contributed by atoms with van der Waals surface area (Å²) in [6, 6.07) is 0. The summed E-state index contributed by atoms with van der Waals surface area (Å²) in [6.45, 7) is 6.65. The summed E-state index contributed by atoms with van der Waals surface area (Å²) < 4.78 is 16.8. The lowest BCUT2D eigenvalue weighted by atomic mass is 10.0. The van der Waals surface area contributed by atoms with Crippen LogP contribution in [-0.2, 0) is 28.6 Å². The molecule has 0 radical (unpaired) electrons. The minimum Gasteiger partial charge on any atom is -0.462 e. The first-order valence-corrected chi connectivity index (χ1v) is 25.7. The van der Waals surface area contributed by atoms with E-state index in [0.29, 0.717) is 19.3 Å². The Kier molecular flexibility index (Phi) is 46.3. The lowest BCUT2D eigenvalue weighted by Gasteiger charge is -2.18. The van der Waals surface area contributed by atoms with Crippen LogP contribution in [0.5, 0.6) is 0 Å². The van der Waals surface area contributed by atoms with Crippen molar-refractivity contribution in [1.82, 2.24) is 0 Å². The summed E-state index contributed by atoms with van der Waals surface area (Å²) in [4.78, 5) is 37.9. The molecule has 6 nitrogen and oxygen atoms in total. The SMILES string of the molecule is CCCCCCCC/C=C\CCCCCC(=O)OC(COC(=O)CCCCCCCCCCCCCCC)COC(=O)CCCCCCCCCCCCCCCC. The lowest BCUT2D eigenvalue weighted by Crippen LogP contribution is -2.30. The maximum Gasteiger partial charge on any atom is 0.306 e. The third-order valence-electron chi connectivity index (χ3n) is 11.5. The average molecular weight is 819 g/mol. The van der Waals surface area contributed by atoms with E-state index in [0.717, 1.165) is 70.6 Å². The minimum absolute atomic E-state index is 0.0708. The second-order valence-corrected chi connectivity index (χ2v) is 17.4. The summed E-state index contributed by atoms with van der Waals surface area (Å²) in [5.74, 6) is -0.871. The molecular formula is C52H98O6. The molecule has 58 heavy (non-hydrogen) atoms. The van der Waals surface area contributed by atoms with Gasteiger partial charge in [-0.05, 0) is 44.9 Å². The Bertz CT molecular complexity index is 900. The first-order valence-electron chi connectivity index (χ1n) is 25.7. The number of hydrogen-bond donors (Lipinski definition) is 0. The molecule has 0 spiro atoms. The lowest BCUT2D eigenvalue weighted by molar-refractivity contribution is -0.167. The van der Waals surface area contributed by atoms with E-state index in [1.165, 1.54) is 173 Å². The van der Waals surface area contributed by atoms with Crippen molar-refractivity contribution in [3.8, 4) is 0 Å². The standard InChI is InChI=1S/C52H98O6/c1-4-7-10-13-16-19-22-25-28-30-33-36-39-42-45-51(54)57-48-49(58-52(55)46-43-40-37-34-31-27-24-21-18-15-12-9-6-3)47-56-50(53)44-41-38-35-32-29-26-23-20-17-14-11-8-5-2/h27,31,49H,4-26,28-30,32-48H2,1-3H3/b31-27-. The van der Waals surface area contributed by atoms with Gasteiger partial charge in [0.15, 0.2) is 6.10 Å². The largest absolute Gasteiger partial charge is 0.462 e. The highest BCUT2D eigenvalue weighted by Crippen LogP contribution is 2.16. The van der Waals surface area contributed by atoms with Gasteiger partial charge >= 0.3 is 17.9 Å². The van der Waals surface area contributed by atoms with E-state index in [1.54, 1.807) is 0 Å². The van der Waals surface area contributed by atoms with Gasteiger partial charge in [-0.1, -0.05) is 232 Å². The maximum atomic E-state index is 12.8. The number of ether oxygens (including phenoxy) is 3. The van der Waals surface area contributed by atoms with Crippen molar-refractivity contribution in [2.24, 2.45) is 0 Å². The fourth-order valence-electron chi connectivity index (χ4n) is 7.61. The Morgan fingerprint density at radius 2 is 0.569 bits per heavy atom. The van der Waals surface area contributed by atoms with Crippen molar-refractivity contribution in [3.63, 3.8) is 0 Å². The normalized spacial score (nSPS) is 12.0. The predicted octanol–water partition coefficient (Wildman–Crippen LogP) is 16.6. The molecule has 0 saturated carbocycles. The molecule has 0 heterocycles. The fraction of sp³-hybridized carbons (Fsp3) is 0.904. The summed E-state index contributed by atoms with van der Waals surface area (Å²) in [7, 11) is 0. The van der Waals surface area contributed by atoms with Crippen LogP contribution in [0.25, 0.3) is 0 Å². The number of rotatable bonds is 47. The zero-order chi connectivity index (χ0) is 42.3. The number of carbonyl (C=O) groups is 3. The highest BCUT2D eigenvalue weighted by atomic mass is 16.6. The molecule has 0 rings (SSSR count). The second-order valence-electron chi connectivity index (χ2n) is 17.4. The third-order valence-corrected chi connectivity index (χ3v) is 11.5. The predicted molar refractivity (Wildman–Crippen MR) is 247 cm³/mol. The molecule has 0 saturated heterocycles. The van der Waals surface area contributed by atoms with Crippen LogP contribution in [0.1, 0.15) is 284 Å². The Labute approximate surface area is 360 Å². The topological polar surface area (TPSA) is 78.9 Å². The second kappa shape index (κ2) is 47.8. The Morgan fingerprint density at radius 3 is 0.879 bits per heavy atom. The van der Waals surface area contributed by atoms with Crippen molar-refractivity contribution in [2.75, 3.05) is 13.2 Å². The monoisotopic (exact) mass is 819 g/mol. The van der Waals surface area contributed by atoms with Gasteiger partial charge in [0.25, 0.3) is 0 Å². The van der Waals surface area contributed by atoms with Gasteiger partial charge in [-0.15, -0.1) is 0 Å². The zero-order valence-corrected chi connectivity index (χ0v) is 39.1. The van der Waals surface area contributed by atoms with Crippen molar-refractivity contribution >= 4 is 17.9 Å². The quantitative estimate of drug-likeness (QED) is 0.0263. The molecular weight excluding hydrogens is 721 g/mol. The Hall–Kier alpha value is -1.85. The van der Waals surface area contributed by atoms with E-state index in [4.69, 9.17) is 14.2 Å². The molecule has 0 bridgehead atoms. The van der Waals surface area contributed by atoms with E-state index in [2.05, 4.69) is 32.9 Å². The molecule has 1 unspecified atom stereocenters. The van der Waals surface area contributed by atoms with Gasteiger partial charge in [0.05, 0.1) is 0 Å². The van der Waals surface area contributed by atoms with Gasteiger partial charge < -0.3 is 14.2 Å². The molecule has 0 aromatic rings. The van der Waals surface area contributed by atoms with Gasteiger partial charge in [0.1, 0.15) is 13.2 Å². The van der Waals surface area contributed by atoms with E-state index in [-0.39, 0.29) is 31.1 Å². The molecule has 0 fully saturated rings. The highest BCUT2D eigenvalue weighted by molar-refractivity contribution is 5.71. The molecule has 0 aromatic carbocycles. The molecule has 0 aliphatic heterocycles. The third kappa shape index (κ3) is 45.2. The van der Waals surface area contributed by atoms with Crippen molar-refractivity contribution < 1.29 is 28.6 Å². The molecule has 1 atom stereocenters. The van der Waals surface area contributed by atoms with Crippen LogP contribution >= 0.6 is 0 Å². The summed E-state index contributed by atoms with van der Waals surface area (Å²) in [6.07, 6.45) is 51.9. The first kappa shape index (κ1) is 56.1. The number of unbranched alkanes of at least 4 members (excludes halogenated alkanes) is 34. The van der Waals surface area contributed by atoms with E-state index in [1.807, 2.05) is 0 Å². The summed E-state index contributed by atoms with van der Waals surface area (Å²) in [5, 5.41) is 0. The van der Waals surface area contributed by atoms with Gasteiger partial charge in [-0.25, -0.2) is 0 Å². The molecule has 342 valence electrons. The van der Waals surface area contributed by atoms with Crippen LogP contribution in [0, 0.1) is 0 Å². The van der Waals surface area contributed by atoms with E-state index in [9.17, 15) is 14.4 Å². The Morgan fingerprint density at radius 1 is 0.328 bits per heavy atom. The first-order chi connectivity index (χ1) is 28.5. The summed E-state index contributed by atoms with van der Waals surface area (Å²) >= 11 is 0. The van der Waals surface area contributed by atoms with Gasteiger partial charge in [-0.2, -0.15) is 0 Å². The zero-order valence-electron chi connectivity index (χ0n) is 39.1. The van der Waals surface area contributed by atoms with Gasteiger partial charge in [-0.3, -0.25) is 14.4 Å². The molecule has 0 aliphatic carbocycles. The number of carbonyl (C=O) groups excluding carboxylic acids is 3. The van der Waals surface area contributed by atoms with Crippen molar-refractivity contribution in [2.45, 2.75) is 290 Å².